The van der Waals surface area contributed by atoms with Crippen LogP contribution in [-0.4, -0.2) is 57.2 Å². The number of ether oxygens (including phenoxy) is 1. The van der Waals surface area contributed by atoms with Crippen molar-refractivity contribution < 1.29 is 14.6 Å². The zero-order valence-corrected chi connectivity index (χ0v) is 14.9. The second kappa shape index (κ2) is 7.28. The van der Waals surface area contributed by atoms with Gasteiger partial charge in [-0.25, -0.2) is 4.98 Å². The predicted octanol–water partition coefficient (Wildman–Crippen LogP) is 1.71. The van der Waals surface area contributed by atoms with Crippen molar-refractivity contribution in [3.8, 4) is 5.88 Å². The van der Waals surface area contributed by atoms with E-state index >= 15 is 0 Å². The molecule has 1 fully saturated rings. The highest BCUT2D eigenvalue weighted by Crippen LogP contribution is 2.27. The van der Waals surface area contributed by atoms with Crippen LogP contribution in [0.2, 0.25) is 0 Å². The average Bonchev–Trinajstić information content (AvgIpc) is 3.07. The molecule has 4 rings (SSSR count). The Labute approximate surface area is 156 Å². The lowest BCUT2D eigenvalue weighted by atomic mass is 10.0. The van der Waals surface area contributed by atoms with Crippen LogP contribution in [-0.2, 0) is 6.42 Å². The minimum atomic E-state index is -0.592. The number of amides is 1. The zero-order chi connectivity index (χ0) is 18.8. The molecule has 27 heavy (non-hydrogen) atoms. The zero-order valence-electron chi connectivity index (χ0n) is 14.9. The fourth-order valence-corrected chi connectivity index (χ4v) is 3.53. The first-order valence-electron chi connectivity index (χ1n) is 8.81. The molecule has 138 valence electrons. The number of carbonyl (C=O) groups is 1. The van der Waals surface area contributed by atoms with E-state index in [0.717, 1.165) is 11.1 Å². The minimum absolute atomic E-state index is 0.0688. The molecular formula is C20H20N4O3. The van der Waals surface area contributed by atoms with E-state index < -0.39 is 6.10 Å². The van der Waals surface area contributed by atoms with Gasteiger partial charge in [0.15, 0.2) is 0 Å². The Kier molecular flexibility index (Phi) is 4.68. The summed E-state index contributed by atoms with van der Waals surface area (Å²) < 4.78 is 5.25. The molecule has 7 nitrogen and oxygen atoms in total. The highest BCUT2D eigenvalue weighted by molar-refractivity contribution is 6.06. The van der Waals surface area contributed by atoms with Gasteiger partial charge in [0.05, 0.1) is 30.0 Å². The van der Waals surface area contributed by atoms with Gasteiger partial charge in [0.25, 0.3) is 5.91 Å². The van der Waals surface area contributed by atoms with Crippen molar-refractivity contribution in [2.45, 2.75) is 12.5 Å². The van der Waals surface area contributed by atoms with Gasteiger partial charge in [0, 0.05) is 49.1 Å². The number of aliphatic hydroxyl groups is 1. The molecule has 2 aromatic heterocycles. The van der Waals surface area contributed by atoms with Gasteiger partial charge in [-0.2, -0.15) is 0 Å². The molecule has 0 saturated carbocycles. The van der Waals surface area contributed by atoms with Crippen molar-refractivity contribution >= 4 is 16.8 Å². The second-order valence-electron chi connectivity index (χ2n) is 6.67. The van der Waals surface area contributed by atoms with E-state index in [1.807, 2.05) is 24.3 Å². The summed E-state index contributed by atoms with van der Waals surface area (Å²) in [5.41, 5.74) is 2.05. The summed E-state index contributed by atoms with van der Waals surface area (Å²) in [5, 5.41) is 11.2. The first kappa shape index (κ1) is 17.4. The Morgan fingerprint density at radius 1 is 1.30 bits per heavy atom. The smallest absolute Gasteiger partial charge is 0.254 e. The molecule has 7 heteroatoms. The number of para-hydroxylation sites is 1. The maximum absolute atomic E-state index is 13.2. The largest absolute Gasteiger partial charge is 0.481 e. The average molecular weight is 364 g/mol. The fraction of sp³-hybridized carbons (Fsp3) is 0.300. The third kappa shape index (κ3) is 3.46. The topological polar surface area (TPSA) is 88.4 Å². The van der Waals surface area contributed by atoms with Crippen molar-refractivity contribution in [2.75, 3.05) is 20.2 Å². The van der Waals surface area contributed by atoms with Crippen LogP contribution >= 0.6 is 0 Å². The van der Waals surface area contributed by atoms with Crippen molar-refractivity contribution in [1.29, 1.82) is 0 Å². The minimum Gasteiger partial charge on any atom is -0.481 e. The normalized spacial score (nSPS) is 19.4. The summed E-state index contributed by atoms with van der Waals surface area (Å²) in [7, 11) is 1.53. The SMILES string of the molecule is COc1cc(C(=O)N2C[C@@H](Cc3cnccn3)[C@H](O)C2)c2ccccc2n1. The number of nitrogens with zero attached hydrogens (tertiary/aromatic N) is 4. The van der Waals surface area contributed by atoms with Crippen LogP contribution in [0.5, 0.6) is 5.88 Å². The van der Waals surface area contributed by atoms with Crippen LogP contribution in [0.3, 0.4) is 0 Å². The van der Waals surface area contributed by atoms with Gasteiger partial charge in [-0.3, -0.25) is 14.8 Å². The molecule has 1 amide bonds. The number of hydrogen-bond donors (Lipinski definition) is 1. The van der Waals surface area contributed by atoms with Gasteiger partial charge >= 0.3 is 0 Å². The van der Waals surface area contributed by atoms with Gasteiger partial charge in [-0.1, -0.05) is 18.2 Å². The van der Waals surface area contributed by atoms with Crippen molar-refractivity contribution in [3.05, 3.63) is 60.2 Å². The summed E-state index contributed by atoms with van der Waals surface area (Å²) >= 11 is 0. The van der Waals surface area contributed by atoms with Crippen LogP contribution in [0.4, 0.5) is 0 Å². The molecule has 1 N–H and O–H groups in total. The molecule has 1 saturated heterocycles. The molecule has 3 aromatic rings. The number of methoxy groups -OCH3 is 1. The number of aliphatic hydroxyl groups excluding tert-OH is 1. The molecule has 0 aliphatic carbocycles. The quantitative estimate of drug-likeness (QED) is 0.758. The molecule has 1 aliphatic heterocycles. The Balaban J connectivity index is 1.59. The lowest BCUT2D eigenvalue weighted by Crippen LogP contribution is -2.30. The van der Waals surface area contributed by atoms with E-state index in [2.05, 4.69) is 15.0 Å². The van der Waals surface area contributed by atoms with E-state index in [1.165, 1.54) is 7.11 Å². The molecule has 0 bridgehead atoms. The summed E-state index contributed by atoms with van der Waals surface area (Å²) in [4.78, 5) is 27.6. The Morgan fingerprint density at radius 2 is 2.15 bits per heavy atom. The number of benzene rings is 1. The second-order valence-corrected chi connectivity index (χ2v) is 6.67. The van der Waals surface area contributed by atoms with E-state index in [1.54, 1.807) is 29.6 Å². The van der Waals surface area contributed by atoms with Gasteiger partial charge in [-0.05, 0) is 12.5 Å². The molecule has 1 aromatic carbocycles. The van der Waals surface area contributed by atoms with Crippen LogP contribution < -0.4 is 4.74 Å². The van der Waals surface area contributed by atoms with Crippen LogP contribution in [0.1, 0.15) is 16.1 Å². The molecule has 2 atom stereocenters. The fourth-order valence-electron chi connectivity index (χ4n) is 3.53. The number of likely N-dealkylation sites (tertiary alicyclic amines) is 1. The molecule has 0 spiro atoms. The number of pyridine rings is 1. The van der Waals surface area contributed by atoms with E-state index in [0.29, 0.717) is 36.5 Å². The van der Waals surface area contributed by atoms with E-state index in [9.17, 15) is 9.90 Å². The van der Waals surface area contributed by atoms with Crippen LogP contribution in [0.25, 0.3) is 10.9 Å². The Hall–Kier alpha value is -3.06. The van der Waals surface area contributed by atoms with E-state index in [4.69, 9.17) is 4.74 Å². The molecule has 3 heterocycles. The predicted molar refractivity (Wildman–Crippen MR) is 99.4 cm³/mol. The van der Waals surface area contributed by atoms with Crippen LogP contribution in [0, 0.1) is 5.92 Å². The molecular weight excluding hydrogens is 344 g/mol. The van der Waals surface area contributed by atoms with Crippen molar-refractivity contribution in [3.63, 3.8) is 0 Å². The van der Waals surface area contributed by atoms with Crippen molar-refractivity contribution in [1.82, 2.24) is 19.9 Å². The van der Waals surface area contributed by atoms with E-state index in [-0.39, 0.29) is 11.8 Å². The van der Waals surface area contributed by atoms with Gasteiger partial charge in [0.2, 0.25) is 5.88 Å². The van der Waals surface area contributed by atoms with Crippen LogP contribution in [0.15, 0.2) is 48.9 Å². The van der Waals surface area contributed by atoms with Gasteiger partial charge in [0.1, 0.15) is 0 Å². The standard InChI is InChI=1S/C20H20N4O3/c1-27-19-9-16(15-4-2-3-5-17(15)23-19)20(26)24-11-13(18(25)12-24)8-14-10-21-6-7-22-14/h2-7,9-10,13,18,25H,8,11-12H2,1H3/t13-,18-/m1/s1. The number of rotatable bonds is 4. The first-order chi connectivity index (χ1) is 13.2. The summed E-state index contributed by atoms with van der Waals surface area (Å²) in [6, 6.07) is 9.14. The number of hydrogen-bond acceptors (Lipinski definition) is 6. The summed E-state index contributed by atoms with van der Waals surface area (Å²) in [6.07, 6.45) is 4.94. The monoisotopic (exact) mass is 364 g/mol. The third-order valence-electron chi connectivity index (χ3n) is 4.91. The number of fused-ring (bicyclic) bond motifs is 1. The molecule has 1 aliphatic rings. The maximum atomic E-state index is 13.2. The number of aromatic nitrogens is 3. The number of β-amino-alcohol motifs (C(OH)–C–C–N with tert-alkyl or cyclic N) is 1. The molecule has 0 unspecified atom stereocenters. The highest BCUT2D eigenvalue weighted by Gasteiger charge is 2.35. The lowest BCUT2D eigenvalue weighted by Gasteiger charge is -2.18. The highest BCUT2D eigenvalue weighted by atomic mass is 16.5. The Bertz CT molecular complexity index is 964. The summed E-state index contributed by atoms with van der Waals surface area (Å²) in [5.74, 6) is 0.196. The number of carbonyl (C=O) groups excluding carboxylic acids is 1. The molecule has 0 radical (unpaired) electrons. The van der Waals surface area contributed by atoms with Gasteiger partial charge < -0.3 is 14.7 Å². The first-order valence-corrected chi connectivity index (χ1v) is 8.81. The summed E-state index contributed by atoms with van der Waals surface area (Å²) in [6.45, 7) is 0.762. The Morgan fingerprint density at radius 3 is 2.93 bits per heavy atom. The third-order valence-corrected chi connectivity index (χ3v) is 4.91. The van der Waals surface area contributed by atoms with Crippen molar-refractivity contribution in [2.24, 2.45) is 5.92 Å². The lowest BCUT2D eigenvalue weighted by molar-refractivity contribution is 0.0766. The maximum Gasteiger partial charge on any atom is 0.254 e. The van der Waals surface area contributed by atoms with Gasteiger partial charge in [-0.15, -0.1) is 0 Å².